The fourth-order valence-corrected chi connectivity index (χ4v) is 2.08. The summed E-state index contributed by atoms with van der Waals surface area (Å²) in [5.41, 5.74) is 4.79. The zero-order valence-electron chi connectivity index (χ0n) is 14.7. The molecule has 0 unspecified atom stereocenters. The molecule has 2 amide bonds. The second-order valence-corrected chi connectivity index (χ2v) is 5.83. The number of hydrogen-bond donors (Lipinski definition) is 2. The summed E-state index contributed by atoms with van der Waals surface area (Å²) in [7, 11) is 3.91. The molecule has 2 N–H and O–H groups in total. The van der Waals surface area contributed by atoms with Gasteiger partial charge in [0.1, 0.15) is 5.82 Å². The van der Waals surface area contributed by atoms with Gasteiger partial charge in [0.15, 0.2) is 0 Å². The van der Waals surface area contributed by atoms with E-state index in [4.69, 9.17) is 0 Å². The summed E-state index contributed by atoms with van der Waals surface area (Å²) in [6, 6.07) is 13.1. The van der Waals surface area contributed by atoms with Crippen molar-refractivity contribution in [3.8, 4) is 0 Å². The molecular formula is C19H21FN4O2. The van der Waals surface area contributed by atoms with Gasteiger partial charge in [-0.05, 0) is 42.0 Å². The highest BCUT2D eigenvalue weighted by atomic mass is 19.1. The van der Waals surface area contributed by atoms with Gasteiger partial charge in [-0.3, -0.25) is 9.59 Å². The summed E-state index contributed by atoms with van der Waals surface area (Å²) in [5.74, 6) is -1.06. The summed E-state index contributed by atoms with van der Waals surface area (Å²) in [4.78, 5) is 25.5. The van der Waals surface area contributed by atoms with Crippen LogP contribution in [0.3, 0.4) is 0 Å². The van der Waals surface area contributed by atoms with Crippen LogP contribution >= 0.6 is 0 Å². The molecule has 0 fully saturated rings. The Morgan fingerprint density at radius 3 is 2.23 bits per heavy atom. The molecule has 7 heteroatoms. The molecule has 0 spiro atoms. The zero-order chi connectivity index (χ0) is 18.9. The monoisotopic (exact) mass is 356 g/mol. The molecule has 0 saturated carbocycles. The van der Waals surface area contributed by atoms with Gasteiger partial charge in [-0.15, -0.1) is 0 Å². The van der Waals surface area contributed by atoms with E-state index >= 15 is 0 Å². The number of halogens is 1. The number of hydrogen-bond acceptors (Lipinski definition) is 4. The molecular weight excluding hydrogens is 335 g/mol. The van der Waals surface area contributed by atoms with E-state index in [1.165, 1.54) is 30.5 Å². The van der Waals surface area contributed by atoms with E-state index in [9.17, 15) is 14.0 Å². The molecule has 0 heterocycles. The summed E-state index contributed by atoms with van der Waals surface area (Å²) in [6.45, 7) is 0. The quantitative estimate of drug-likeness (QED) is 0.592. The number of nitrogens with zero attached hydrogens (tertiary/aromatic N) is 2. The maximum absolute atomic E-state index is 12.8. The first kappa shape index (κ1) is 19.1. The molecule has 2 aromatic carbocycles. The van der Waals surface area contributed by atoms with Crippen LogP contribution in [0.4, 0.5) is 15.8 Å². The van der Waals surface area contributed by atoms with Crippen molar-refractivity contribution in [1.29, 1.82) is 0 Å². The number of carbonyl (C=O) groups excluding carboxylic acids is 2. The Bertz CT molecular complexity index is 771. The Hall–Kier alpha value is -3.22. The lowest BCUT2D eigenvalue weighted by molar-refractivity contribution is -0.124. The number of hydrazone groups is 1. The van der Waals surface area contributed by atoms with Crippen molar-refractivity contribution >= 4 is 29.4 Å². The molecule has 2 aromatic rings. The number of benzene rings is 2. The molecule has 0 aliphatic rings. The van der Waals surface area contributed by atoms with Crippen LogP contribution in [0.2, 0.25) is 0 Å². The number of rotatable bonds is 7. The molecule has 2 rings (SSSR count). The van der Waals surface area contributed by atoms with Gasteiger partial charge in [0.2, 0.25) is 11.8 Å². The highest BCUT2D eigenvalue weighted by Gasteiger charge is 2.06. The minimum absolute atomic E-state index is 0.00390. The second kappa shape index (κ2) is 9.31. The van der Waals surface area contributed by atoms with Crippen molar-refractivity contribution in [3.05, 3.63) is 59.9 Å². The van der Waals surface area contributed by atoms with Crippen molar-refractivity contribution < 1.29 is 14.0 Å². The van der Waals surface area contributed by atoms with Crippen molar-refractivity contribution in [1.82, 2.24) is 5.43 Å². The Balaban J connectivity index is 1.72. The zero-order valence-corrected chi connectivity index (χ0v) is 14.7. The van der Waals surface area contributed by atoms with Crippen molar-refractivity contribution in [2.75, 3.05) is 24.3 Å². The minimum Gasteiger partial charge on any atom is -0.378 e. The summed E-state index contributed by atoms with van der Waals surface area (Å²) in [5, 5.41) is 6.47. The SMILES string of the molecule is CN(C)c1ccc(C=NNC(=O)CCC(=O)Nc2ccc(F)cc2)cc1. The molecule has 136 valence electrons. The van der Waals surface area contributed by atoms with E-state index in [1.54, 1.807) is 0 Å². The topological polar surface area (TPSA) is 73.8 Å². The van der Waals surface area contributed by atoms with Gasteiger partial charge < -0.3 is 10.2 Å². The molecule has 0 radical (unpaired) electrons. The van der Waals surface area contributed by atoms with Crippen molar-refractivity contribution in [2.24, 2.45) is 5.10 Å². The lowest BCUT2D eigenvalue weighted by Crippen LogP contribution is -2.20. The van der Waals surface area contributed by atoms with Gasteiger partial charge in [0.05, 0.1) is 6.21 Å². The maximum Gasteiger partial charge on any atom is 0.240 e. The number of nitrogens with one attached hydrogen (secondary N) is 2. The van der Waals surface area contributed by atoms with Crippen LogP contribution in [0.25, 0.3) is 0 Å². The lowest BCUT2D eigenvalue weighted by Gasteiger charge is -2.11. The lowest BCUT2D eigenvalue weighted by atomic mass is 10.2. The molecule has 0 bridgehead atoms. The van der Waals surface area contributed by atoms with Gasteiger partial charge >= 0.3 is 0 Å². The van der Waals surface area contributed by atoms with E-state index in [0.717, 1.165) is 11.3 Å². The van der Waals surface area contributed by atoms with Crippen molar-refractivity contribution in [3.63, 3.8) is 0 Å². The van der Waals surface area contributed by atoms with Crippen LogP contribution < -0.4 is 15.6 Å². The molecule has 0 saturated heterocycles. The van der Waals surface area contributed by atoms with Crippen LogP contribution in [0.1, 0.15) is 18.4 Å². The molecule has 0 aliphatic heterocycles. The molecule has 0 aromatic heterocycles. The first-order valence-corrected chi connectivity index (χ1v) is 8.09. The van der Waals surface area contributed by atoms with Gasteiger partial charge in [0.25, 0.3) is 0 Å². The maximum atomic E-state index is 12.8. The largest absolute Gasteiger partial charge is 0.378 e. The Morgan fingerprint density at radius 1 is 1.00 bits per heavy atom. The fraction of sp³-hybridized carbons (Fsp3) is 0.211. The van der Waals surface area contributed by atoms with E-state index in [0.29, 0.717) is 5.69 Å². The standard InChI is InChI=1S/C19H21FN4O2/c1-24(2)17-9-3-14(4-10-17)13-21-23-19(26)12-11-18(25)22-16-7-5-15(20)6-8-16/h3-10,13H,11-12H2,1-2H3,(H,22,25)(H,23,26). The van der Waals surface area contributed by atoms with Gasteiger partial charge in [-0.25, -0.2) is 9.82 Å². The van der Waals surface area contributed by atoms with E-state index in [2.05, 4.69) is 15.8 Å². The smallest absolute Gasteiger partial charge is 0.240 e. The highest BCUT2D eigenvalue weighted by molar-refractivity contribution is 5.93. The van der Waals surface area contributed by atoms with Crippen LogP contribution in [-0.4, -0.2) is 32.1 Å². The van der Waals surface area contributed by atoms with Crippen molar-refractivity contribution in [2.45, 2.75) is 12.8 Å². The Labute approximate surface area is 151 Å². The summed E-state index contributed by atoms with van der Waals surface area (Å²) >= 11 is 0. The molecule has 26 heavy (non-hydrogen) atoms. The highest BCUT2D eigenvalue weighted by Crippen LogP contribution is 2.11. The van der Waals surface area contributed by atoms with E-state index in [1.807, 2.05) is 43.3 Å². The first-order chi connectivity index (χ1) is 12.4. The van der Waals surface area contributed by atoms with Gasteiger partial charge in [-0.2, -0.15) is 5.10 Å². The minimum atomic E-state index is -0.378. The normalized spacial score (nSPS) is 10.6. The number of anilines is 2. The van der Waals surface area contributed by atoms with Crippen LogP contribution in [0, 0.1) is 5.82 Å². The average molecular weight is 356 g/mol. The number of carbonyl (C=O) groups is 2. The third-order valence-corrected chi connectivity index (χ3v) is 3.52. The summed E-state index contributed by atoms with van der Waals surface area (Å²) in [6.07, 6.45) is 1.55. The number of amides is 2. The third-order valence-electron chi connectivity index (χ3n) is 3.52. The van der Waals surface area contributed by atoms with Crippen LogP contribution in [0.5, 0.6) is 0 Å². The first-order valence-electron chi connectivity index (χ1n) is 8.09. The van der Waals surface area contributed by atoms with E-state index in [-0.39, 0.29) is 30.5 Å². The molecule has 6 nitrogen and oxygen atoms in total. The van der Waals surface area contributed by atoms with Crippen LogP contribution in [0.15, 0.2) is 53.6 Å². The van der Waals surface area contributed by atoms with E-state index < -0.39 is 0 Å². The molecule has 0 aliphatic carbocycles. The fourth-order valence-electron chi connectivity index (χ4n) is 2.08. The van der Waals surface area contributed by atoms with Crippen LogP contribution in [-0.2, 0) is 9.59 Å². The predicted molar refractivity (Wildman–Crippen MR) is 101 cm³/mol. The molecule has 0 atom stereocenters. The summed E-state index contributed by atoms with van der Waals surface area (Å²) < 4.78 is 12.8. The average Bonchev–Trinajstić information content (AvgIpc) is 2.62. The third kappa shape index (κ3) is 6.35. The Kier molecular flexibility index (Phi) is 6.84. The van der Waals surface area contributed by atoms with Gasteiger partial charge in [-0.1, -0.05) is 12.1 Å². The Morgan fingerprint density at radius 2 is 1.62 bits per heavy atom. The van der Waals surface area contributed by atoms with Gasteiger partial charge in [0, 0.05) is 38.3 Å². The predicted octanol–water partition coefficient (Wildman–Crippen LogP) is 2.76. The second-order valence-electron chi connectivity index (χ2n) is 5.83.